The molecule has 0 saturated carbocycles. The first-order valence-corrected chi connectivity index (χ1v) is 7.59. The van der Waals surface area contributed by atoms with Gasteiger partial charge in [0.05, 0.1) is 0 Å². The topological polar surface area (TPSA) is 4.93 Å². The summed E-state index contributed by atoms with van der Waals surface area (Å²) in [7, 11) is 0. The molecule has 0 bridgehead atoms. The molecule has 1 aromatic heterocycles. The molecule has 0 N–H and O–H groups in total. The van der Waals surface area contributed by atoms with Gasteiger partial charge in [-0.15, -0.1) is 0 Å². The summed E-state index contributed by atoms with van der Waals surface area (Å²) in [5.41, 5.74) is 4.95. The van der Waals surface area contributed by atoms with Crippen LogP contribution in [-0.4, -0.2) is 4.57 Å². The summed E-state index contributed by atoms with van der Waals surface area (Å²) in [6.45, 7) is 11.1. The highest BCUT2D eigenvalue weighted by Gasteiger charge is 2.10. The number of rotatable bonds is 5. The number of benzene rings is 2. The monoisotopic (exact) mass is 275 g/mol. The Balaban J connectivity index is 2.36. The fraction of sp³-hybridized carbons (Fsp3) is 0.200. The molecule has 0 unspecified atom stereocenters. The van der Waals surface area contributed by atoms with Crippen molar-refractivity contribution in [1.82, 2.24) is 4.57 Å². The van der Waals surface area contributed by atoms with Gasteiger partial charge < -0.3 is 4.57 Å². The first-order chi connectivity index (χ1) is 10.3. The van der Waals surface area contributed by atoms with E-state index in [1.165, 1.54) is 45.8 Å². The molecule has 21 heavy (non-hydrogen) atoms. The number of aromatic nitrogens is 1. The molecule has 0 atom stereocenters. The molecule has 0 aliphatic heterocycles. The molecule has 3 aromatic rings. The van der Waals surface area contributed by atoms with Gasteiger partial charge in [-0.25, -0.2) is 0 Å². The van der Waals surface area contributed by atoms with Crippen molar-refractivity contribution in [3.63, 3.8) is 0 Å². The molecule has 1 heteroatoms. The van der Waals surface area contributed by atoms with E-state index in [0.29, 0.717) is 0 Å². The minimum atomic E-state index is 1.05. The first-order valence-electron chi connectivity index (χ1n) is 7.59. The van der Waals surface area contributed by atoms with Crippen molar-refractivity contribution < 1.29 is 0 Å². The summed E-state index contributed by atoms with van der Waals surface area (Å²) in [6.07, 6.45) is 6.21. The summed E-state index contributed by atoms with van der Waals surface area (Å²) in [5.74, 6) is 0. The predicted molar refractivity (Wildman–Crippen MR) is 94.5 cm³/mol. The number of hydrogen-bond acceptors (Lipinski definition) is 0. The van der Waals surface area contributed by atoms with Crippen LogP contribution in [0.15, 0.2) is 49.6 Å². The van der Waals surface area contributed by atoms with E-state index in [1.807, 2.05) is 12.2 Å². The second kappa shape index (κ2) is 5.61. The fourth-order valence-electron chi connectivity index (χ4n) is 2.94. The van der Waals surface area contributed by atoms with Gasteiger partial charge in [0.25, 0.3) is 0 Å². The third-order valence-corrected chi connectivity index (χ3v) is 4.12. The molecule has 0 amide bonds. The number of aryl methyl sites for hydroxylation is 1. The van der Waals surface area contributed by atoms with E-state index in [9.17, 15) is 0 Å². The van der Waals surface area contributed by atoms with E-state index in [-0.39, 0.29) is 0 Å². The standard InChI is InChI=1S/C20H21N/c1-4-7-12-21-19-13-15(5-2)8-10-17(19)18-11-9-16(6-3)14-20(18)21/h5-6,8-11,13-14H,2-4,7,12H2,1H3. The van der Waals surface area contributed by atoms with Crippen LogP contribution < -0.4 is 0 Å². The molecular formula is C20H21N. The molecule has 0 saturated heterocycles. The zero-order chi connectivity index (χ0) is 14.8. The van der Waals surface area contributed by atoms with E-state index in [1.54, 1.807) is 0 Å². The van der Waals surface area contributed by atoms with Gasteiger partial charge in [-0.05, 0) is 29.7 Å². The van der Waals surface area contributed by atoms with Crippen LogP contribution >= 0.6 is 0 Å². The SMILES string of the molecule is C=Cc1ccc2c3ccc(C=C)cc3n(CCCC)c2c1. The highest BCUT2D eigenvalue weighted by atomic mass is 15.0. The van der Waals surface area contributed by atoms with Gasteiger partial charge in [-0.1, -0.05) is 62.9 Å². The number of hydrogen-bond donors (Lipinski definition) is 0. The lowest BCUT2D eigenvalue weighted by molar-refractivity contribution is 0.665. The normalized spacial score (nSPS) is 11.1. The molecule has 0 radical (unpaired) electrons. The average Bonchev–Trinajstić information content (AvgIpc) is 2.84. The Kier molecular flexibility index (Phi) is 3.66. The smallest absolute Gasteiger partial charge is 0.0497 e. The fourth-order valence-corrected chi connectivity index (χ4v) is 2.94. The summed E-state index contributed by atoms with van der Waals surface area (Å²) in [5, 5.41) is 2.64. The molecule has 0 spiro atoms. The molecule has 0 aliphatic rings. The number of unbranched alkanes of at least 4 members (excludes halogenated alkanes) is 1. The van der Waals surface area contributed by atoms with Crippen molar-refractivity contribution in [2.75, 3.05) is 0 Å². The van der Waals surface area contributed by atoms with Crippen LogP contribution in [0.3, 0.4) is 0 Å². The van der Waals surface area contributed by atoms with E-state index in [4.69, 9.17) is 0 Å². The van der Waals surface area contributed by atoms with Crippen LogP contribution in [-0.2, 0) is 6.54 Å². The minimum Gasteiger partial charge on any atom is -0.340 e. The maximum atomic E-state index is 3.89. The maximum absolute atomic E-state index is 3.89. The van der Waals surface area contributed by atoms with Gasteiger partial charge in [0.1, 0.15) is 0 Å². The predicted octanol–water partition coefficient (Wildman–Crippen LogP) is 5.88. The van der Waals surface area contributed by atoms with Crippen molar-refractivity contribution in [1.29, 1.82) is 0 Å². The van der Waals surface area contributed by atoms with Gasteiger partial charge in [0.15, 0.2) is 0 Å². The van der Waals surface area contributed by atoms with Crippen LogP contribution in [0.5, 0.6) is 0 Å². The highest BCUT2D eigenvalue weighted by Crippen LogP contribution is 2.31. The molecule has 0 fully saturated rings. The minimum absolute atomic E-state index is 1.05. The Morgan fingerprint density at radius 3 is 1.86 bits per heavy atom. The maximum Gasteiger partial charge on any atom is 0.0497 e. The van der Waals surface area contributed by atoms with Crippen molar-refractivity contribution in [2.45, 2.75) is 26.3 Å². The van der Waals surface area contributed by atoms with Gasteiger partial charge in [0.2, 0.25) is 0 Å². The van der Waals surface area contributed by atoms with Crippen molar-refractivity contribution in [3.05, 3.63) is 60.7 Å². The summed E-state index contributed by atoms with van der Waals surface area (Å²) < 4.78 is 2.44. The zero-order valence-electron chi connectivity index (χ0n) is 12.6. The van der Waals surface area contributed by atoms with Crippen LogP contribution in [0.2, 0.25) is 0 Å². The third-order valence-electron chi connectivity index (χ3n) is 4.12. The largest absolute Gasteiger partial charge is 0.340 e. The van der Waals surface area contributed by atoms with Crippen molar-refractivity contribution in [2.24, 2.45) is 0 Å². The molecule has 3 rings (SSSR count). The number of fused-ring (bicyclic) bond motifs is 3. The third kappa shape index (κ3) is 2.29. The van der Waals surface area contributed by atoms with Crippen LogP contribution in [0.25, 0.3) is 34.0 Å². The lowest BCUT2D eigenvalue weighted by Crippen LogP contribution is -1.97. The van der Waals surface area contributed by atoms with Crippen molar-refractivity contribution in [3.8, 4) is 0 Å². The lowest BCUT2D eigenvalue weighted by Gasteiger charge is -2.07. The Morgan fingerprint density at radius 2 is 1.43 bits per heavy atom. The van der Waals surface area contributed by atoms with E-state index >= 15 is 0 Å². The van der Waals surface area contributed by atoms with E-state index < -0.39 is 0 Å². The van der Waals surface area contributed by atoms with Gasteiger partial charge in [-0.2, -0.15) is 0 Å². The van der Waals surface area contributed by atoms with E-state index in [2.05, 4.69) is 61.0 Å². The van der Waals surface area contributed by atoms with Gasteiger partial charge >= 0.3 is 0 Å². The summed E-state index contributed by atoms with van der Waals surface area (Å²) in [4.78, 5) is 0. The van der Waals surface area contributed by atoms with Crippen molar-refractivity contribution >= 4 is 34.0 Å². The van der Waals surface area contributed by atoms with Gasteiger partial charge in [0, 0.05) is 28.4 Å². The second-order valence-electron chi connectivity index (χ2n) is 5.47. The summed E-state index contributed by atoms with van der Waals surface area (Å²) in [6, 6.07) is 13.2. The van der Waals surface area contributed by atoms with Crippen LogP contribution in [0.1, 0.15) is 30.9 Å². The number of nitrogens with zero attached hydrogens (tertiary/aromatic N) is 1. The molecule has 0 aliphatic carbocycles. The first kappa shape index (κ1) is 13.7. The second-order valence-corrected chi connectivity index (χ2v) is 5.47. The molecule has 1 heterocycles. The average molecular weight is 275 g/mol. The summed E-state index contributed by atoms with van der Waals surface area (Å²) >= 11 is 0. The Hall–Kier alpha value is -2.28. The van der Waals surface area contributed by atoms with E-state index in [0.717, 1.165) is 6.54 Å². The quantitative estimate of drug-likeness (QED) is 0.548. The molecule has 2 aromatic carbocycles. The van der Waals surface area contributed by atoms with Gasteiger partial charge in [-0.3, -0.25) is 0 Å². The van der Waals surface area contributed by atoms with Crippen LogP contribution in [0, 0.1) is 0 Å². The highest BCUT2D eigenvalue weighted by molar-refractivity contribution is 6.09. The molecular weight excluding hydrogens is 254 g/mol. The Bertz CT molecular complexity index is 755. The Morgan fingerprint density at radius 1 is 0.905 bits per heavy atom. The van der Waals surface area contributed by atoms with Crippen LogP contribution in [0.4, 0.5) is 0 Å². The molecule has 106 valence electrons. The lowest BCUT2D eigenvalue weighted by atomic mass is 10.1. The molecule has 1 nitrogen and oxygen atoms in total. The zero-order valence-corrected chi connectivity index (χ0v) is 12.6. The Labute approximate surface area is 126 Å².